The molecule has 1 heterocycles. The maximum Gasteiger partial charge on any atom is 0.124 e. The fourth-order valence-corrected chi connectivity index (χ4v) is 3.22. The van der Waals surface area contributed by atoms with Gasteiger partial charge in [0.2, 0.25) is 0 Å². The van der Waals surface area contributed by atoms with Crippen molar-refractivity contribution in [1.29, 1.82) is 0 Å². The summed E-state index contributed by atoms with van der Waals surface area (Å²) in [6.07, 6.45) is 1.26. The lowest BCUT2D eigenvalue weighted by atomic mass is 9.93. The van der Waals surface area contributed by atoms with Crippen molar-refractivity contribution in [2.75, 3.05) is 33.3 Å². The normalized spacial score (nSPS) is 23.7. The van der Waals surface area contributed by atoms with Crippen molar-refractivity contribution >= 4 is 0 Å². The number of ether oxygens (including phenoxy) is 1. The molecule has 19 heavy (non-hydrogen) atoms. The Morgan fingerprint density at radius 1 is 1.32 bits per heavy atom. The molecule has 2 rings (SSSR count). The molecule has 0 aliphatic carbocycles. The van der Waals surface area contributed by atoms with Crippen LogP contribution in [0.25, 0.3) is 0 Å². The highest BCUT2D eigenvalue weighted by Gasteiger charge is 2.35. The minimum Gasteiger partial charge on any atom is -0.494 e. The molecule has 0 spiro atoms. The molecule has 2 atom stereocenters. The first-order valence-electron chi connectivity index (χ1n) is 7.42. The molecule has 0 aromatic heterocycles. The molecule has 3 nitrogen and oxygen atoms in total. The highest BCUT2D eigenvalue weighted by atomic mass is 16.5. The Hall–Kier alpha value is -1.06. The van der Waals surface area contributed by atoms with E-state index in [-0.39, 0.29) is 0 Å². The topological polar surface area (TPSA) is 24.5 Å². The van der Waals surface area contributed by atoms with Crippen molar-refractivity contribution in [3.8, 4) is 5.75 Å². The average Bonchev–Trinajstić information content (AvgIpc) is 2.83. The molecule has 106 valence electrons. The van der Waals surface area contributed by atoms with E-state index in [2.05, 4.69) is 41.4 Å². The van der Waals surface area contributed by atoms with Gasteiger partial charge in [0, 0.05) is 11.6 Å². The Morgan fingerprint density at radius 3 is 2.79 bits per heavy atom. The average molecular weight is 262 g/mol. The second-order valence-corrected chi connectivity index (χ2v) is 5.15. The number of rotatable bonds is 6. The van der Waals surface area contributed by atoms with Crippen molar-refractivity contribution in [2.24, 2.45) is 5.92 Å². The third-order valence-corrected chi connectivity index (χ3v) is 4.04. The van der Waals surface area contributed by atoms with Crippen molar-refractivity contribution in [3.05, 3.63) is 29.8 Å². The van der Waals surface area contributed by atoms with Gasteiger partial charge in [-0.1, -0.05) is 25.1 Å². The summed E-state index contributed by atoms with van der Waals surface area (Å²) in [5, 5.41) is 3.34. The van der Waals surface area contributed by atoms with E-state index in [0.717, 1.165) is 25.4 Å². The molecule has 3 heteroatoms. The first-order valence-corrected chi connectivity index (χ1v) is 7.42. The minimum atomic E-state index is 0.486. The molecule has 1 aliphatic rings. The molecular formula is C16H26N2O. The third-order valence-electron chi connectivity index (χ3n) is 4.04. The van der Waals surface area contributed by atoms with Crippen molar-refractivity contribution in [1.82, 2.24) is 10.2 Å². The zero-order valence-electron chi connectivity index (χ0n) is 12.4. The van der Waals surface area contributed by atoms with Gasteiger partial charge in [0.1, 0.15) is 5.75 Å². The molecule has 1 saturated heterocycles. The van der Waals surface area contributed by atoms with Gasteiger partial charge in [-0.15, -0.1) is 0 Å². The van der Waals surface area contributed by atoms with Crippen molar-refractivity contribution in [2.45, 2.75) is 26.3 Å². The monoisotopic (exact) mass is 262 g/mol. The Labute approximate surface area is 116 Å². The van der Waals surface area contributed by atoms with Crippen LogP contribution < -0.4 is 10.1 Å². The molecule has 2 unspecified atom stereocenters. The molecule has 0 radical (unpaired) electrons. The second kappa shape index (κ2) is 6.92. The molecule has 1 N–H and O–H groups in total. The fourth-order valence-electron chi connectivity index (χ4n) is 3.22. The van der Waals surface area contributed by atoms with E-state index in [0.29, 0.717) is 12.0 Å². The Kier molecular flexibility index (Phi) is 5.23. The van der Waals surface area contributed by atoms with Crippen molar-refractivity contribution in [3.63, 3.8) is 0 Å². The first kappa shape index (κ1) is 14.4. The van der Waals surface area contributed by atoms with Gasteiger partial charge in [0.05, 0.1) is 6.61 Å². The van der Waals surface area contributed by atoms with Gasteiger partial charge in [-0.2, -0.15) is 0 Å². The van der Waals surface area contributed by atoms with Gasteiger partial charge in [-0.05, 0) is 52.0 Å². The Morgan fingerprint density at radius 2 is 2.11 bits per heavy atom. The number of nitrogens with one attached hydrogen (secondary N) is 1. The predicted octanol–water partition coefficient (Wildman–Crippen LogP) is 2.69. The molecule has 1 fully saturated rings. The zero-order chi connectivity index (χ0) is 13.7. The van der Waals surface area contributed by atoms with E-state index >= 15 is 0 Å². The summed E-state index contributed by atoms with van der Waals surface area (Å²) in [4.78, 5) is 2.57. The van der Waals surface area contributed by atoms with Crippen LogP contribution in [0.15, 0.2) is 24.3 Å². The molecule has 0 amide bonds. The van der Waals surface area contributed by atoms with Gasteiger partial charge in [-0.25, -0.2) is 0 Å². The number of hydrogen-bond donors (Lipinski definition) is 1. The third kappa shape index (κ3) is 3.10. The van der Waals surface area contributed by atoms with Crippen LogP contribution in [0, 0.1) is 5.92 Å². The molecule has 1 aromatic rings. The summed E-state index contributed by atoms with van der Waals surface area (Å²) in [5.41, 5.74) is 1.35. The van der Waals surface area contributed by atoms with E-state index < -0.39 is 0 Å². The van der Waals surface area contributed by atoms with Crippen molar-refractivity contribution < 1.29 is 4.74 Å². The van der Waals surface area contributed by atoms with E-state index in [1.807, 2.05) is 14.0 Å². The quantitative estimate of drug-likeness (QED) is 0.853. The lowest BCUT2D eigenvalue weighted by molar-refractivity contribution is 0.229. The molecular weight excluding hydrogens is 236 g/mol. The van der Waals surface area contributed by atoms with Crippen LogP contribution >= 0.6 is 0 Å². The summed E-state index contributed by atoms with van der Waals surface area (Å²) < 4.78 is 5.82. The van der Waals surface area contributed by atoms with Crippen LogP contribution in [-0.2, 0) is 0 Å². The van der Waals surface area contributed by atoms with E-state index in [4.69, 9.17) is 4.74 Å². The summed E-state index contributed by atoms with van der Waals surface area (Å²) in [6, 6.07) is 9.00. The van der Waals surface area contributed by atoms with Gasteiger partial charge >= 0.3 is 0 Å². The molecule has 1 aromatic carbocycles. The van der Waals surface area contributed by atoms with E-state index in [9.17, 15) is 0 Å². The standard InChI is InChI=1S/C16H26N2O/c1-4-18-11-10-13(12-17-3)16(18)14-8-6-7-9-15(14)19-5-2/h6-9,13,16-17H,4-5,10-12H2,1-3H3. The molecule has 1 aliphatic heterocycles. The number of nitrogens with zero attached hydrogens (tertiary/aromatic N) is 1. The van der Waals surface area contributed by atoms with Crippen LogP contribution in [0.4, 0.5) is 0 Å². The lowest BCUT2D eigenvalue weighted by Crippen LogP contribution is -2.29. The van der Waals surface area contributed by atoms with E-state index in [1.165, 1.54) is 18.5 Å². The fraction of sp³-hybridized carbons (Fsp3) is 0.625. The highest BCUT2D eigenvalue weighted by Crippen LogP contribution is 2.40. The molecule has 0 saturated carbocycles. The van der Waals surface area contributed by atoms with Gasteiger partial charge in [0.15, 0.2) is 0 Å². The van der Waals surface area contributed by atoms with Crippen LogP contribution in [-0.4, -0.2) is 38.2 Å². The number of likely N-dealkylation sites (tertiary alicyclic amines) is 1. The lowest BCUT2D eigenvalue weighted by Gasteiger charge is -2.29. The highest BCUT2D eigenvalue weighted by molar-refractivity contribution is 5.37. The van der Waals surface area contributed by atoms with Gasteiger partial charge in [-0.3, -0.25) is 4.90 Å². The number of para-hydroxylation sites is 1. The maximum absolute atomic E-state index is 5.82. The van der Waals surface area contributed by atoms with Crippen LogP contribution in [0.1, 0.15) is 31.9 Å². The van der Waals surface area contributed by atoms with Crippen LogP contribution in [0.2, 0.25) is 0 Å². The summed E-state index contributed by atoms with van der Waals surface area (Å²) in [5.74, 6) is 1.73. The SMILES string of the molecule is CCOc1ccccc1C1C(CNC)CCN1CC. The number of hydrogen-bond acceptors (Lipinski definition) is 3. The smallest absolute Gasteiger partial charge is 0.124 e. The van der Waals surface area contributed by atoms with Crippen LogP contribution in [0.5, 0.6) is 5.75 Å². The zero-order valence-corrected chi connectivity index (χ0v) is 12.4. The first-order chi connectivity index (χ1) is 9.31. The number of benzene rings is 1. The van der Waals surface area contributed by atoms with Crippen LogP contribution in [0.3, 0.4) is 0 Å². The van der Waals surface area contributed by atoms with Gasteiger partial charge < -0.3 is 10.1 Å². The Balaban J connectivity index is 2.29. The second-order valence-electron chi connectivity index (χ2n) is 5.15. The minimum absolute atomic E-state index is 0.486. The van der Waals surface area contributed by atoms with E-state index in [1.54, 1.807) is 0 Å². The summed E-state index contributed by atoms with van der Waals surface area (Å²) >= 11 is 0. The van der Waals surface area contributed by atoms with Gasteiger partial charge in [0.25, 0.3) is 0 Å². The molecule has 0 bridgehead atoms. The Bertz CT molecular complexity index is 394. The summed E-state index contributed by atoms with van der Waals surface area (Å²) in [6.45, 7) is 8.39. The maximum atomic E-state index is 5.82. The largest absolute Gasteiger partial charge is 0.494 e. The summed E-state index contributed by atoms with van der Waals surface area (Å²) in [7, 11) is 2.04. The predicted molar refractivity (Wildman–Crippen MR) is 79.6 cm³/mol.